The summed E-state index contributed by atoms with van der Waals surface area (Å²) in [5.41, 5.74) is 0.747. The summed E-state index contributed by atoms with van der Waals surface area (Å²) in [6, 6.07) is 3.61. The van der Waals surface area contributed by atoms with Crippen LogP contribution in [0.3, 0.4) is 0 Å². The molecule has 126 valence electrons. The molecule has 7 nitrogen and oxygen atoms in total. The molecule has 1 fully saturated rings. The van der Waals surface area contributed by atoms with Crippen LogP contribution in [-0.2, 0) is 16.1 Å². The minimum Gasteiger partial charge on any atom is -0.488 e. The lowest BCUT2D eigenvalue weighted by Crippen LogP contribution is -2.37. The number of nitrogens with zero attached hydrogens (tertiary/aromatic N) is 3. The lowest BCUT2D eigenvalue weighted by atomic mass is 10.3. The average molecular weight is 320 g/mol. The molecule has 1 aliphatic rings. The van der Waals surface area contributed by atoms with Crippen molar-refractivity contribution >= 4 is 11.8 Å². The molecule has 1 unspecified atom stereocenters. The van der Waals surface area contributed by atoms with Crippen LogP contribution >= 0.6 is 0 Å². The molecule has 0 aliphatic carbocycles. The Balaban J connectivity index is 1.87. The highest BCUT2D eigenvalue weighted by molar-refractivity contribution is 5.78. The Bertz CT molecular complexity index is 562. The smallest absolute Gasteiger partial charge is 0.236 e. The van der Waals surface area contributed by atoms with Gasteiger partial charge >= 0.3 is 0 Å². The van der Waals surface area contributed by atoms with Crippen LogP contribution in [0.25, 0.3) is 0 Å². The van der Waals surface area contributed by atoms with E-state index in [1.165, 1.54) is 6.92 Å². The molecule has 2 heterocycles. The Morgan fingerprint density at radius 3 is 2.96 bits per heavy atom. The fourth-order valence-electron chi connectivity index (χ4n) is 2.45. The maximum atomic E-state index is 12.0. The van der Waals surface area contributed by atoms with Gasteiger partial charge in [-0.25, -0.2) is 0 Å². The van der Waals surface area contributed by atoms with Crippen molar-refractivity contribution in [3.63, 3.8) is 0 Å². The number of carbonyl (C=O) groups excluding carboxylic acids is 2. The molecule has 0 spiro atoms. The van der Waals surface area contributed by atoms with Crippen molar-refractivity contribution in [3.05, 3.63) is 24.0 Å². The number of likely N-dealkylation sites (N-methyl/N-ethyl adjacent to an activating group) is 1. The summed E-state index contributed by atoms with van der Waals surface area (Å²) in [5.74, 6) is 0.749. The first-order valence-electron chi connectivity index (χ1n) is 7.72. The number of ether oxygens (including phenoxy) is 1. The monoisotopic (exact) mass is 320 g/mol. The van der Waals surface area contributed by atoms with Gasteiger partial charge in [0.25, 0.3) is 0 Å². The first-order valence-corrected chi connectivity index (χ1v) is 7.72. The standard InChI is InChI=1S/C16H24N4O3/c1-12(21)18-9-13-8-14(4-6-17-13)23-15-5-7-20(10-15)16(22)11-19(2)3/h4,6,8,15H,5,7,9-11H2,1-3H3,(H,18,21). The van der Waals surface area contributed by atoms with Crippen molar-refractivity contribution < 1.29 is 14.3 Å². The van der Waals surface area contributed by atoms with Crippen LogP contribution in [0.5, 0.6) is 5.75 Å². The number of hydrogen-bond acceptors (Lipinski definition) is 5. The normalized spacial score (nSPS) is 17.4. The second kappa shape index (κ2) is 7.92. The molecule has 0 aromatic carbocycles. The van der Waals surface area contributed by atoms with Gasteiger partial charge in [-0.15, -0.1) is 0 Å². The molecular weight excluding hydrogens is 296 g/mol. The van der Waals surface area contributed by atoms with E-state index in [1.807, 2.05) is 30.0 Å². The third kappa shape index (κ3) is 5.52. The van der Waals surface area contributed by atoms with Crippen molar-refractivity contribution in [2.24, 2.45) is 0 Å². The molecule has 1 aliphatic heterocycles. The number of aromatic nitrogens is 1. The Kier molecular flexibility index (Phi) is 5.92. The number of pyridine rings is 1. The zero-order chi connectivity index (χ0) is 16.8. The van der Waals surface area contributed by atoms with E-state index < -0.39 is 0 Å². The Morgan fingerprint density at radius 2 is 2.26 bits per heavy atom. The first kappa shape index (κ1) is 17.2. The SMILES string of the molecule is CC(=O)NCc1cc(OC2CCN(C(=O)CN(C)C)C2)ccn1. The molecule has 0 radical (unpaired) electrons. The van der Waals surface area contributed by atoms with E-state index in [1.54, 1.807) is 12.3 Å². The maximum absolute atomic E-state index is 12.0. The van der Waals surface area contributed by atoms with E-state index in [0.717, 1.165) is 18.7 Å². The molecule has 1 N–H and O–H groups in total. The van der Waals surface area contributed by atoms with Gasteiger partial charge in [-0.2, -0.15) is 0 Å². The van der Waals surface area contributed by atoms with E-state index in [2.05, 4.69) is 10.3 Å². The number of nitrogens with one attached hydrogen (secondary N) is 1. The third-order valence-electron chi connectivity index (χ3n) is 3.56. The molecule has 1 saturated heterocycles. The van der Waals surface area contributed by atoms with E-state index in [-0.39, 0.29) is 17.9 Å². The lowest BCUT2D eigenvalue weighted by Gasteiger charge is -2.19. The predicted molar refractivity (Wildman–Crippen MR) is 85.9 cm³/mol. The molecule has 2 rings (SSSR count). The molecule has 1 aromatic rings. The number of carbonyl (C=O) groups is 2. The fraction of sp³-hybridized carbons (Fsp3) is 0.562. The van der Waals surface area contributed by atoms with Crippen LogP contribution in [0.1, 0.15) is 19.0 Å². The topological polar surface area (TPSA) is 74.8 Å². The largest absolute Gasteiger partial charge is 0.488 e. The van der Waals surface area contributed by atoms with Crippen molar-refractivity contribution in [1.29, 1.82) is 0 Å². The van der Waals surface area contributed by atoms with Gasteiger partial charge in [-0.3, -0.25) is 14.6 Å². The molecule has 1 atom stereocenters. The third-order valence-corrected chi connectivity index (χ3v) is 3.56. The Labute approximate surface area is 136 Å². The molecule has 23 heavy (non-hydrogen) atoms. The second-order valence-corrected chi connectivity index (χ2v) is 6.00. The zero-order valence-electron chi connectivity index (χ0n) is 13.9. The zero-order valence-corrected chi connectivity index (χ0v) is 13.9. The minimum absolute atomic E-state index is 0.00266. The highest BCUT2D eigenvalue weighted by Crippen LogP contribution is 2.19. The van der Waals surface area contributed by atoms with Crippen molar-refractivity contribution in [1.82, 2.24) is 20.1 Å². The summed E-state index contributed by atoms with van der Waals surface area (Å²) in [5, 5.41) is 2.71. The van der Waals surface area contributed by atoms with E-state index >= 15 is 0 Å². The van der Waals surface area contributed by atoms with Crippen molar-refractivity contribution in [2.45, 2.75) is 26.0 Å². The Morgan fingerprint density at radius 1 is 1.48 bits per heavy atom. The number of likely N-dealkylation sites (tertiary alicyclic amines) is 1. The molecule has 7 heteroatoms. The summed E-state index contributed by atoms with van der Waals surface area (Å²) in [4.78, 5) is 30.9. The quantitative estimate of drug-likeness (QED) is 0.814. The van der Waals surface area contributed by atoms with Gasteiger partial charge in [0.2, 0.25) is 11.8 Å². The van der Waals surface area contributed by atoms with E-state index in [0.29, 0.717) is 25.4 Å². The summed E-state index contributed by atoms with van der Waals surface area (Å²) in [6.45, 7) is 3.60. The summed E-state index contributed by atoms with van der Waals surface area (Å²) in [6.07, 6.45) is 2.48. The van der Waals surface area contributed by atoms with Gasteiger partial charge in [0.1, 0.15) is 11.9 Å². The number of rotatable bonds is 6. The van der Waals surface area contributed by atoms with Crippen LogP contribution in [-0.4, -0.2) is 66.4 Å². The van der Waals surface area contributed by atoms with Gasteiger partial charge in [-0.05, 0) is 20.2 Å². The molecule has 0 bridgehead atoms. The molecular formula is C16H24N4O3. The van der Waals surface area contributed by atoms with Gasteiger partial charge in [-0.1, -0.05) is 0 Å². The fourth-order valence-corrected chi connectivity index (χ4v) is 2.45. The van der Waals surface area contributed by atoms with Gasteiger partial charge in [0.15, 0.2) is 0 Å². The lowest BCUT2D eigenvalue weighted by molar-refractivity contribution is -0.131. The average Bonchev–Trinajstić information content (AvgIpc) is 2.93. The first-order chi connectivity index (χ1) is 10.9. The van der Waals surface area contributed by atoms with E-state index in [9.17, 15) is 9.59 Å². The molecule has 0 saturated carbocycles. The molecule has 2 amide bonds. The summed E-state index contributed by atoms with van der Waals surface area (Å²) >= 11 is 0. The minimum atomic E-state index is -0.0936. The molecule has 1 aromatic heterocycles. The number of amides is 2. The number of hydrogen-bond donors (Lipinski definition) is 1. The van der Waals surface area contributed by atoms with Crippen molar-refractivity contribution in [3.8, 4) is 5.75 Å². The second-order valence-electron chi connectivity index (χ2n) is 6.00. The van der Waals surface area contributed by atoms with Crippen molar-refractivity contribution in [2.75, 3.05) is 33.7 Å². The van der Waals surface area contributed by atoms with Gasteiger partial charge < -0.3 is 19.9 Å². The maximum Gasteiger partial charge on any atom is 0.236 e. The Hall–Kier alpha value is -2.15. The van der Waals surface area contributed by atoms with Crippen LogP contribution in [0, 0.1) is 0 Å². The van der Waals surface area contributed by atoms with Crippen LogP contribution in [0.15, 0.2) is 18.3 Å². The highest BCUT2D eigenvalue weighted by Gasteiger charge is 2.27. The van der Waals surface area contributed by atoms with Gasteiger partial charge in [0.05, 0.1) is 25.3 Å². The van der Waals surface area contributed by atoms with E-state index in [4.69, 9.17) is 4.74 Å². The van der Waals surface area contributed by atoms with Crippen LogP contribution in [0.2, 0.25) is 0 Å². The van der Waals surface area contributed by atoms with Gasteiger partial charge in [0, 0.05) is 32.2 Å². The summed E-state index contributed by atoms with van der Waals surface area (Å²) in [7, 11) is 3.77. The predicted octanol–water partition coefficient (Wildman–Crippen LogP) is 0.259. The highest BCUT2D eigenvalue weighted by atomic mass is 16.5. The summed E-state index contributed by atoms with van der Waals surface area (Å²) < 4.78 is 5.95. The van der Waals surface area contributed by atoms with Crippen LogP contribution < -0.4 is 10.1 Å². The van der Waals surface area contributed by atoms with Crippen LogP contribution in [0.4, 0.5) is 0 Å².